The van der Waals surface area contributed by atoms with Crippen molar-refractivity contribution in [2.75, 3.05) is 11.4 Å². The molecule has 1 aliphatic heterocycles. The maximum Gasteiger partial charge on any atom is 0.330 e. The van der Waals surface area contributed by atoms with Crippen molar-refractivity contribution in [1.29, 1.82) is 0 Å². The molecule has 7 nitrogen and oxygen atoms in total. The molecule has 5 rings (SSSR count). The van der Waals surface area contributed by atoms with Crippen LogP contribution < -0.4 is 15.9 Å². The first-order valence-corrected chi connectivity index (χ1v) is 12.0. The van der Waals surface area contributed by atoms with Crippen LogP contribution in [0.1, 0.15) is 36.7 Å². The second-order valence-electron chi connectivity index (χ2n) is 10.5. The van der Waals surface area contributed by atoms with E-state index in [1.165, 1.54) is 0 Å². The van der Waals surface area contributed by atoms with Gasteiger partial charge >= 0.3 is 5.69 Å². The molecule has 0 saturated carbocycles. The van der Waals surface area contributed by atoms with Crippen LogP contribution in [0.15, 0.2) is 71.5 Å². The molecule has 1 unspecified atom stereocenters. The highest BCUT2D eigenvalue weighted by molar-refractivity contribution is 5.94. The van der Waals surface area contributed by atoms with E-state index in [9.17, 15) is 9.59 Å². The zero-order valence-corrected chi connectivity index (χ0v) is 20.7. The second-order valence-corrected chi connectivity index (χ2v) is 10.5. The number of fused-ring (bicyclic) bond motifs is 2. The number of benzene rings is 2. The van der Waals surface area contributed by atoms with Crippen LogP contribution in [0.2, 0.25) is 0 Å². The third-order valence-electron chi connectivity index (χ3n) is 6.40. The molecule has 7 heteroatoms. The molecule has 2 aromatic heterocycles. The number of anilines is 2. The maximum absolute atomic E-state index is 13.0. The van der Waals surface area contributed by atoms with Crippen LogP contribution in [0.4, 0.5) is 11.5 Å². The fourth-order valence-electron chi connectivity index (χ4n) is 4.81. The lowest BCUT2D eigenvalue weighted by molar-refractivity contribution is 0.0937. The van der Waals surface area contributed by atoms with Crippen molar-refractivity contribution in [2.24, 2.45) is 12.5 Å². The minimum absolute atomic E-state index is 0.0349. The molecule has 0 radical (unpaired) electrons. The van der Waals surface area contributed by atoms with Gasteiger partial charge in [-0.1, -0.05) is 57.2 Å². The quantitative estimate of drug-likeness (QED) is 0.484. The Hall–Kier alpha value is -3.87. The Labute approximate surface area is 205 Å². The van der Waals surface area contributed by atoms with Crippen LogP contribution in [0.25, 0.3) is 11.2 Å². The van der Waals surface area contributed by atoms with Gasteiger partial charge in [-0.15, -0.1) is 0 Å². The highest BCUT2D eigenvalue weighted by atomic mass is 16.2. The van der Waals surface area contributed by atoms with Gasteiger partial charge in [0, 0.05) is 31.4 Å². The van der Waals surface area contributed by atoms with Gasteiger partial charge in [-0.3, -0.25) is 13.9 Å². The van der Waals surface area contributed by atoms with E-state index in [1.54, 1.807) is 16.2 Å². The largest absolute Gasteiger partial charge is 0.347 e. The average molecular weight is 470 g/mol. The van der Waals surface area contributed by atoms with Gasteiger partial charge in [0.25, 0.3) is 5.91 Å². The molecule has 180 valence electrons. The highest BCUT2D eigenvalue weighted by Crippen LogP contribution is 2.33. The van der Waals surface area contributed by atoms with Crippen LogP contribution >= 0.6 is 0 Å². The number of hydrogen-bond donors (Lipinski definition) is 1. The van der Waals surface area contributed by atoms with Gasteiger partial charge in [-0.05, 0) is 47.7 Å². The topological polar surface area (TPSA) is 72.2 Å². The summed E-state index contributed by atoms with van der Waals surface area (Å²) >= 11 is 0. The van der Waals surface area contributed by atoms with Gasteiger partial charge in [0.15, 0.2) is 5.65 Å². The van der Waals surface area contributed by atoms with Gasteiger partial charge < -0.3 is 10.2 Å². The number of hydrogen-bond acceptors (Lipinski definition) is 4. The van der Waals surface area contributed by atoms with Gasteiger partial charge in [0.05, 0.1) is 11.6 Å². The zero-order valence-electron chi connectivity index (χ0n) is 20.7. The van der Waals surface area contributed by atoms with Crippen LogP contribution in [0.5, 0.6) is 0 Å². The monoisotopic (exact) mass is 469 g/mol. The second kappa shape index (κ2) is 8.73. The van der Waals surface area contributed by atoms with Gasteiger partial charge in [-0.2, -0.15) is 0 Å². The molecule has 0 bridgehead atoms. The summed E-state index contributed by atoms with van der Waals surface area (Å²) in [5.41, 5.74) is 4.26. The normalized spacial score (nSPS) is 15.8. The summed E-state index contributed by atoms with van der Waals surface area (Å²) in [6.07, 6.45) is 0.744. The van der Waals surface area contributed by atoms with E-state index in [-0.39, 0.29) is 23.1 Å². The molecule has 0 spiro atoms. The summed E-state index contributed by atoms with van der Waals surface area (Å²) in [6.45, 7) is 7.56. The minimum atomic E-state index is -0.0833. The zero-order chi connectivity index (χ0) is 24.7. The first kappa shape index (κ1) is 22.9. The molecular weight excluding hydrogens is 438 g/mol. The molecular formula is C28H31N5O2. The molecule has 0 aliphatic carbocycles. The van der Waals surface area contributed by atoms with Crippen LogP contribution in [0, 0.1) is 5.41 Å². The third-order valence-corrected chi connectivity index (χ3v) is 6.40. The molecule has 35 heavy (non-hydrogen) atoms. The molecule has 1 aliphatic rings. The van der Waals surface area contributed by atoms with Gasteiger partial charge in [0.1, 0.15) is 5.82 Å². The third kappa shape index (κ3) is 4.46. The molecule has 1 amide bonds. The summed E-state index contributed by atoms with van der Waals surface area (Å²) in [6, 6.07) is 21.4. The number of aryl methyl sites for hydroxylation is 1. The predicted octanol–water partition coefficient (Wildman–Crippen LogP) is 4.27. The van der Waals surface area contributed by atoms with E-state index >= 15 is 0 Å². The van der Waals surface area contributed by atoms with E-state index in [1.807, 2.05) is 54.6 Å². The number of rotatable bonds is 4. The van der Waals surface area contributed by atoms with E-state index in [0.717, 1.165) is 29.0 Å². The number of imidazole rings is 1. The molecule has 2 aromatic carbocycles. The van der Waals surface area contributed by atoms with Crippen LogP contribution in [-0.4, -0.2) is 32.6 Å². The van der Waals surface area contributed by atoms with Crippen molar-refractivity contribution < 1.29 is 4.79 Å². The Morgan fingerprint density at radius 2 is 1.74 bits per heavy atom. The molecule has 0 fully saturated rings. The Morgan fingerprint density at radius 1 is 1.03 bits per heavy atom. The van der Waals surface area contributed by atoms with Crippen molar-refractivity contribution >= 4 is 28.6 Å². The van der Waals surface area contributed by atoms with Crippen molar-refractivity contribution in [3.63, 3.8) is 0 Å². The van der Waals surface area contributed by atoms with Gasteiger partial charge in [0.2, 0.25) is 0 Å². The summed E-state index contributed by atoms with van der Waals surface area (Å²) in [5.74, 6) is 0.673. The Morgan fingerprint density at radius 3 is 2.49 bits per heavy atom. The molecule has 1 N–H and O–H groups in total. The molecule has 3 heterocycles. The summed E-state index contributed by atoms with van der Waals surface area (Å²) in [4.78, 5) is 32.9. The molecule has 4 aromatic rings. The standard InChI is InChI=1S/C28H31N5O2/c1-28(2,3)18-33-23-14-15-24(30-25(23)31(4)27(33)35)32-17-21(16-20-12-8-9-13-22(20)32)29-26(34)19-10-6-5-7-11-19/h5-15,21H,16-18H2,1-4H3,(H,29,34). The Bertz CT molecular complexity index is 1450. The fraction of sp³-hybridized carbons (Fsp3) is 0.321. The van der Waals surface area contributed by atoms with E-state index in [2.05, 4.69) is 43.1 Å². The van der Waals surface area contributed by atoms with E-state index in [0.29, 0.717) is 24.3 Å². The molecule has 0 saturated heterocycles. The molecule has 1 atom stereocenters. The summed E-state index contributed by atoms with van der Waals surface area (Å²) in [7, 11) is 1.77. The smallest absolute Gasteiger partial charge is 0.330 e. The van der Waals surface area contributed by atoms with Crippen molar-refractivity contribution in [1.82, 2.24) is 19.4 Å². The average Bonchev–Trinajstić information content (AvgIpc) is 3.07. The summed E-state index contributed by atoms with van der Waals surface area (Å²) in [5, 5.41) is 3.20. The number of amides is 1. The lowest BCUT2D eigenvalue weighted by Crippen LogP contribution is -2.47. The number of nitrogens with one attached hydrogen (secondary N) is 1. The number of para-hydroxylation sites is 1. The van der Waals surface area contributed by atoms with Crippen molar-refractivity contribution in [2.45, 2.75) is 39.8 Å². The number of aromatic nitrogens is 3. The predicted molar refractivity (Wildman–Crippen MR) is 139 cm³/mol. The SMILES string of the molecule is Cn1c(=O)n(CC(C)(C)C)c2ccc(N3CC(NC(=O)c4ccccc4)Cc4ccccc43)nc21. The van der Waals surface area contributed by atoms with Crippen LogP contribution in [-0.2, 0) is 20.0 Å². The first-order valence-electron chi connectivity index (χ1n) is 12.0. The van der Waals surface area contributed by atoms with Gasteiger partial charge in [-0.25, -0.2) is 9.78 Å². The number of carbonyl (C=O) groups is 1. The number of pyridine rings is 1. The van der Waals surface area contributed by atoms with Crippen LogP contribution in [0.3, 0.4) is 0 Å². The summed E-state index contributed by atoms with van der Waals surface area (Å²) < 4.78 is 3.42. The Balaban J connectivity index is 1.51. The lowest BCUT2D eigenvalue weighted by atomic mass is 9.97. The van der Waals surface area contributed by atoms with Crippen molar-refractivity contribution in [3.05, 3.63) is 88.3 Å². The van der Waals surface area contributed by atoms with E-state index < -0.39 is 0 Å². The maximum atomic E-state index is 13.0. The highest BCUT2D eigenvalue weighted by Gasteiger charge is 2.28. The number of carbonyl (C=O) groups excluding carboxylic acids is 1. The minimum Gasteiger partial charge on any atom is -0.347 e. The Kier molecular flexibility index (Phi) is 5.71. The fourth-order valence-corrected chi connectivity index (χ4v) is 4.81. The number of nitrogens with zero attached hydrogens (tertiary/aromatic N) is 4. The lowest BCUT2D eigenvalue weighted by Gasteiger charge is -2.35. The van der Waals surface area contributed by atoms with E-state index in [4.69, 9.17) is 4.98 Å². The first-order chi connectivity index (χ1) is 16.7. The van der Waals surface area contributed by atoms with Crippen molar-refractivity contribution in [3.8, 4) is 0 Å².